The van der Waals surface area contributed by atoms with Gasteiger partial charge in [-0.05, 0) is 48.7 Å². The molecule has 0 aromatic heterocycles. The van der Waals surface area contributed by atoms with Crippen molar-refractivity contribution in [1.29, 1.82) is 0 Å². The van der Waals surface area contributed by atoms with Crippen LogP contribution in [0.3, 0.4) is 0 Å². The number of ether oxygens (including phenoxy) is 2. The van der Waals surface area contributed by atoms with E-state index in [1.54, 1.807) is 7.11 Å². The molecule has 3 N–H and O–H groups in total. The van der Waals surface area contributed by atoms with Crippen LogP contribution in [0.25, 0.3) is 0 Å². The Morgan fingerprint density at radius 1 is 1.00 bits per heavy atom. The first kappa shape index (κ1) is 15.4. The maximum Gasteiger partial charge on any atom is 0.119 e. The first-order valence-electron chi connectivity index (χ1n) is 7.08. The zero-order valence-corrected chi connectivity index (χ0v) is 12.5. The van der Waals surface area contributed by atoms with E-state index in [1.165, 1.54) is 5.56 Å². The summed E-state index contributed by atoms with van der Waals surface area (Å²) in [5, 5.41) is 0. The molecule has 2 aromatic rings. The third-order valence-corrected chi connectivity index (χ3v) is 3.39. The molecule has 0 aliphatic carbocycles. The van der Waals surface area contributed by atoms with Crippen molar-refractivity contribution < 1.29 is 9.47 Å². The minimum atomic E-state index is 0.0640. The molecule has 21 heavy (non-hydrogen) atoms. The third-order valence-electron chi connectivity index (χ3n) is 3.39. The Hall–Kier alpha value is -2.04. The van der Waals surface area contributed by atoms with Crippen LogP contribution in [0.1, 0.15) is 24.1 Å². The van der Waals surface area contributed by atoms with Gasteiger partial charge in [0.2, 0.25) is 0 Å². The molecule has 2 rings (SSSR count). The number of rotatable bonds is 7. The molecular weight excluding hydrogens is 264 g/mol. The topological polar surface area (TPSA) is 56.5 Å². The lowest BCUT2D eigenvalue weighted by Crippen LogP contribution is -2.29. The average molecular weight is 286 g/mol. The lowest BCUT2D eigenvalue weighted by Gasteiger charge is -2.17. The van der Waals surface area contributed by atoms with Crippen molar-refractivity contribution in [3.05, 3.63) is 59.7 Å². The van der Waals surface area contributed by atoms with E-state index >= 15 is 0 Å². The Morgan fingerprint density at radius 2 is 1.62 bits per heavy atom. The molecule has 0 heterocycles. The third kappa shape index (κ3) is 4.21. The average Bonchev–Trinajstić information content (AvgIpc) is 2.54. The molecule has 2 aromatic carbocycles. The van der Waals surface area contributed by atoms with Gasteiger partial charge < -0.3 is 9.47 Å². The number of benzene rings is 2. The van der Waals surface area contributed by atoms with Crippen molar-refractivity contribution in [2.24, 2.45) is 5.84 Å². The Labute approximate surface area is 125 Å². The predicted octanol–water partition coefficient (Wildman–Crippen LogP) is 2.84. The molecule has 1 unspecified atom stereocenters. The maximum atomic E-state index is 5.70. The van der Waals surface area contributed by atoms with E-state index in [1.807, 2.05) is 43.3 Å². The highest BCUT2D eigenvalue weighted by atomic mass is 16.5. The van der Waals surface area contributed by atoms with Gasteiger partial charge in [0.15, 0.2) is 0 Å². The van der Waals surface area contributed by atoms with Crippen LogP contribution in [0.2, 0.25) is 0 Å². The SMILES string of the molecule is CCOc1ccc(C(Cc2ccc(OC)cc2)NN)cc1. The molecule has 0 amide bonds. The van der Waals surface area contributed by atoms with Gasteiger partial charge in [0.05, 0.1) is 13.7 Å². The van der Waals surface area contributed by atoms with E-state index in [0.717, 1.165) is 23.5 Å². The predicted molar refractivity (Wildman–Crippen MR) is 84.4 cm³/mol. The van der Waals surface area contributed by atoms with Gasteiger partial charge in [0, 0.05) is 6.04 Å². The second kappa shape index (κ2) is 7.67. The Balaban J connectivity index is 2.07. The summed E-state index contributed by atoms with van der Waals surface area (Å²) in [6, 6.07) is 16.1. The molecule has 4 nitrogen and oxygen atoms in total. The zero-order valence-electron chi connectivity index (χ0n) is 12.5. The van der Waals surface area contributed by atoms with Gasteiger partial charge in [-0.25, -0.2) is 0 Å². The molecule has 0 fully saturated rings. The summed E-state index contributed by atoms with van der Waals surface area (Å²) in [6.45, 7) is 2.64. The van der Waals surface area contributed by atoms with Crippen LogP contribution < -0.4 is 20.7 Å². The number of hydrogen-bond donors (Lipinski definition) is 2. The van der Waals surface area contributed by atoms with Crippen LogP contribution in [0.4, 0.5) is 0 Å². The van der Waals surface area contributed by atoms with Gasteiger partial charge >= 0.3 is 0 Å². The minimum Gasteiger partial charge on any atom is -0.497 e. The van der Waals surface area contributed by atoms with Crippen LogP contribution in [-0.4, -0.2) is 13.7 Å². The van der Waals surface area contributed by atoms with Gasteiger partial charge in [-0.3, -0.25) is 11.3 Å². The normalized spacial score (nSPS) is 12.0. The Bertz CT molecular complexity index is 538. The molecule has 0 aliphatic heterocycles. The monoisotopic (exact) mass is 286 g/mol. The standard InChI is InChI=1S/C17H22N2O2/c1-3-21-16-10-6-14(7-11-16)17(19-18)12-13-4-8-15(20-2)9-5-13/h4-11,17,19H,3,12,18H2,1-2H3. The highest BCUT2D eigenvalue weighted by Gasteiger charge is 2.11. The summed E-state index contributed by atoms with van der Waals surface area (Å²) in [6.07, 6.45) is 0.814. The van der Waals surface area contributed by atoms with Gasteiger partial charge in [-0.2, -0.15) is 0 Å². The maximum absolute atomic E-state index is 5.70. The van der Waals surface area contributed by atoms with E-state index in [2.05, 4.69) is 17.6 Å². The number of nitrogens with two attached hydrogens (primary N) is 1. The number of hydrogen-bond acceptors (Lipinski definition) is 4. The van der Waals surface area contributed by atoms with E-state index in [9.17, 15) is 0 Å². The molecule has 0 bridgehead atoms. The first-order chi connectivity index (χ1) is 10.3. The van der Waals surface area contributed by atoms with E-state index < -0.39 is 0 Å². The highest BCUT2D eigenvalue weighted by Crippen LogP contribution is 2.22. The fourth-order valence-corrected chi connectivity index (χ4v) is 2.23. The largest absolute Gasteiger partial charge is 0.497 e. The van der Waals surface area contributed by atoms with Crippen LogP contribution in [0, 0.1) is 0 Å². The minimum absolute atomic E-state index is 0.0640. The highest BCUT2D eigenvalue weighted by molar-refractivity contribution is 5.32. The lowest BCUT2D eigenvalue weighted by molar-refractivity contribution is 0.340. The van der Waals surface area contributed by atoms with Crippen molar-refractivity contribution in [3.63, 3.8) is 0 Å². The van der Waals surface area contributed by atoms with Crippen molar-refractivity contribution in [1.82, 2.24) is 5.43 Å². The van der Waals surface area contributed by atoms with Crippen LogP contribution >= 0.6 is 0 Å². The van der Waals surface area contributed by atoms with Gasteiger partial charge in [-0.15, -0.1) is 0 Å². The number of nitrogens with one attached hydrogen (secondary N) is 1. The molecule has 0 spiro atoms. The molecule has 0 radical (unpaired) electrons. The zero-order chi connectivity index (χ0) is 15.1. The molecule has 0 saturated carbocycles. The molecule has 0 aliphatic rings. The summed E-state index contributed by atoms with van der Waals surface area (Å²) in [7, 11) is 1.67. The molecule has 4 heteroatoms. The van der Waals surface area contributed by atoms with E-state index in [-0.39, 0.29) is 6.04 Å². The lowest BCUT2D eigenvalue weighted by atomic mass is 9.99. The summed E-state index contributed by atoms with van der Waals surface area (Å²) in [5.41, 5.74) is 5.21. The summed E-state index contributed by atoms with van der Waals surface area (Å²) in [4.78, 5) is 0. The fraction of sp³-hybridized carbons (Fsp3) is 0.294. The number of methoxy groups -OCH3 is 1. The Kier molecular flexibility index (Phi) is 5.60. The smallest absolute Gasteiger partial charge is 0.119 e. The Morgan fingerprint density at radius 3 is 2.14 bits per heavy atom. The summed E-state index contributed by atoms with van der Waals surface area (Å²) in [5.74, 6) is 7.43. The first-order valence-corrected chi connectivity index (χ1v) is 7.08. The van der Waals surface area contributed by atoms with Crippen LogP contribution in [-0.2, 0) is 6.42 Å². The number of hydrazine groups is 1. The molecular formula is C17H22N2O2. The quantitative estimate of drug-likeness (QED) is 0.607. The van der Waals surface area contributed by atoms with Crippen molar-refractivity contribution in [3.8, 4) is 11.5 Å². The van der Waals surface area contributed by atoms with E-state index in [0.29, 0.717) is 6.61 Å². The molecule has 112 valence electrons. The van der Waals surface area contributed by atoms with Gasteiger partial charge in [-0.1, -0.05) is 24.3 Å². The molecule has 0 saturated heterocycles. The second-order valence-electron chi connectivity index (χ2n) is 4.77. The van der Waals surface area contributed by atoms with Crippen molar-refractivity contribution in [2.45, 2.75) is 19.4 Å². The summed E-state index contributed by atoms with van der Waals surface area (Å²) >= 11 is 0. The molecule has 1 atom stereocenters. The summed E-state index contributed by atoms with van der Waals surface area (Å²) < 4.78 is 10.6. The van der Waals surface area contributed by atoms with E-state index in [4.69, 9.17) is 15.3 Å². The van der Waals surface area contributed by atoms with Gasteiger partial charge in [0.1, 0.15) is 11.5 Å². The fourth-order valence-electron chi connectivity index (χ4n) is 2.23. The van der Waals surface area contributed by atoms with Crippen molar-refractivity contribution >= 4 is 0 Å². The second-order valence-corrected chi connectivity index (χ2v) is 4.77. The van der Waals surface area contributed by atoms with Crippen LogP contribution in [0.15, 0.2) is 48.5 Å². The van der Waals surface area contributed by atoms with Crippen LogP contribution in [0.5, 0.6) is 11.5 Å². The van der Waals surface area contributed by atoms with Crippen molar-refractivity contribution in [2.75, 3.05) is 13.7 Å². The van der Waals surface area contributed by atoms with Gasteiger partial charge in [0.25, 0.3) is 0 Å².